The summed E-state index contributed by atoms with van der Waals surface area (Å²) in [6, 6.07) is 8.12. The van der Waals surface area contributed by atoms with Crippen molar-refractivity contribution >= 4 is 51.8 Å². The quantitative estimate of drug-likeness (QED) is 0.199. The predicted molar refractivity (Wildman–Crippen MR) is 216 cm³/mol. The van der Waals surface area contributed by atoms with Crippen LogP contribution < -0.4 is 26.0 Å². The second-order valence-corrected chi connectivity index (χ2v) is 16.0. The summed E-state index contributed by atoms with van der Waals surface area (Å²) in [4.78, 5) is 58.1. The SMILES string of the molecule is C=CC(=O)Nc1cc(Nc2nc(-c3ccnc(N4CCc5c(sc6c5CCCC6)C4=O)c3CO)cn(C)c2=O)ccc1N1CCN(C2CCOCC2)CC1C. The van der Waals surface area contributed by atoms with Crippen LogP contribution in [0.15, 0.2) is 54.1 Å². The van der Waals surface area contributed by atoms with Gasteiger partial charge in [0.2, 0.25) is 5.91 Å². The summed E-state index contributed by atoms with van der Waals surface area (Å²) < 4.78 is 7.03. The Morgan fingerprint density at radius 1 is 1.09 bits per heavy atom. The maximum absolute atomic E-state index is 13.9. The molecule has 2 amide bonds. The topological polar surface area (TPSA) is 145 Å². The average Bonchev–Trinajstić information content (AvgIpc) is 3.59. The number of benzene rings is 1. The zero-order chi connectivity index (χ0) is 38.2. The molecule has 13 nitrogen and oxygen atoms in total. The zero-order valence-electron chi connectivity index (χ0n) is 31.5. The van der Waals surface area contributed by atoms with Crippen LogP contribution in [0.1, 0.15) is 63.8 Å². The molecule has 1 aliphatic carbocycles. The van der Waals surface area contributed by atoms with E-state index in [2.05, 4.69) is 38.9 Å². The van der Waals surface area contributed by atoms with Crippen LogP contribution in [0.5, 0.6) is 0 Å². The van der Waals surface area contributed by atoms with Gasteiger partial charge in [0.15, 0.2) is 5.82 Å². The maximum atomic E-state index is 13.9. The van der Waals surface area contributed by atoms with E-state index in [9.17, 15) is 19.5 Å². The van der Waals surface area contributed by atoms with E-state index in [0.29, 0.717) is 46.6 Å². The van der Waals surface area contributed by atoms with Gasteiger partial charge in [0, 0.05) is 92.6 Å². The number of fused-ring (bicyclic) bond motifs is 3. The Bertz CT molecular complexity index is 2190. The summed E-state index contributed by atoms with van der Waals surface area (Å²) in [5.74, 6) is 0.0368. The highest BCUT2D eigenvalue weighted by molar-refractivity contribution is 7.14. The molecule has 8 rings (SSSR count). The lowest BCUT2D eigenvalue weighted by Gasteiger charge is -2.45. The van der Waals surface area contributed by atoms with Gasteiger partial charge in [-0.25, -0.2) is 9.97 Å². The second-order valence-electron chi connectivity index (χ2n) is 14.9. The van der Waals surface area contributed by atoms with Crippen LogP contribution in [0, 0.1) is 0 Å². The van der Waals surface area contributed by atoms with Gasteiger partial charge >= 0.3 is 0 Å². The van der Waals surface area contributed by atoms with Crippen LogP contribution >= 0.6 is 11.3 Å². The molecule has 1 aromatic carbocycles. The number of aromatic nitrogens is 3. The fourth-order valence-electron chi connectivity index (χ4n) is 8.66. The number of aryl methyl sites for hydroxylation is 2. The largest absolute Gasteiger partial charge is 0.392 e. The van der Waals surface area contributed by atoms with E-state index in [4.69, 9.17) is 9.72 Å². The summed E-state index contributed by atoms with van der Waals surface area (Å²) >= 11 is 1.61. The minimum absolute atomic E-state index is 0.0669. The van der Waals surface area contributed by atoms with Crippen molar-refractivity contribution in [1.82, 2.24) is 19.4 Å². The Morgan fingerprint density at radius 3 is 2.69 bits per heavy atom. The summed E-state index contributed by atoms with van der Waals surface area (Å²) in [6.07, 6.45) is 11.7. The van der Waals surface area contributed by atoms with Crippen LogP contribution in [0.4, 0.5) is 28.7 Å². The van der Waals surface area contributed by atoms with Gasteiger partial charge < -0.3 is 29.9 Å². The molecule has 0 spiro atoms. The predicted octanol–water partition coefficient (Wildman–Crippen LogP) is 5.04. The zero-order valence-corrected chi connectivity index (χ0v) is 32.3. The van der Waals surface area contributed by atoms with Crippen molar-refractivity contribution < 1.29 is 19.4 Å². The third kappa shape index (κ3) is 7.19. The van der Waals surface area contributed by atoms with Crippen molar-refractivity contribution in [3.8, 4) is 11.3 Å². The molecule has 0 radical (unpaired) electrons. The van der Waals surface area contributed by atoms with Crippen molar-refractivity contribution in [2.24, 2.45) is 7.05 Å². The Labute approximate surface area is 324 Å². The van der Waals surface area contributed by atoms with Crippen molar-refractivity contribution in [1.29, 1.82) is 0 Å². The van der Waals surface area contributed by atoms with E-state index in [1.54, 1.807) is 41.7 Å². The Hall–Kier alpha value is -4.89. The lowest BCUT2D eigenvalue weighted by atomic mass is 9.92. The van der Waals surface area contributed by atoms with Gasteiger partial charge in [0.25, 0.3) is 11.5 Å². The number of carbonyl (C=O) groups excluding carboxylic acids is 2. The molecule has 2 saturated heterocycles. The molecule has 4 aliphatic rings. The van der Waals surface area contributed by atoms with Gasteiger partial charge in [-0.3, -0.25) is 24.2 Å². The first-order valence-electron chi connectivity index (χ1n) is 19.3. The van der Waals surface area contributed by atoms with Gasteiger partial charge in [-0.2, -0.15) is 0 Å². The minimum atomic E-state index is -0.376. The molecule has 0 bridgehead atoms. The average molecular weight is 765 g/mol. The molecule has 6 heterocycles. The van der Waals surface area contributed by atoms with Crippen molar-refractivity contribution in [3.63, 3.8) is 0 Å². The molecular weight excluding hydrogens is 717 g/mol. The third-order valence-electron chi connectivity index (χ3n) is 11.5. The van der Waals surface area contributed by atoms with Crippen LogP contribution in [-0.4, -0.2) is 87.8 Å². The van der Waals surface area contributed by atoms with E-state index in [0.717, 1.165) is 88.4 Å². The molecule has 3 N–H and O–H groups in total. The number of pyridine rings is 1. The number of amides is 2. The highest BCUT2D eigenvalue weighted by Crippen LogP contribution is 2.40. The number of nitrogens with zero attached hydrogens (tertiary/aromatic N) is 6. The van der Waals surface area contributed by atoms with Crippen LogP contribution in [0.2, 0.25) is 0 Å². The number of hydrogen-bond acceptors (Lipinski definition) is 11. The Kier molecular flexibility index (Phi) is 10.6. The Balaban J connectivity index is 1.07. The molecule has 2 fully saturated rings. The molecule has 55 heavy (non-hydrogen) atoms. The van der Waals surface area contributed by atoms with E-state index in [-0.39, 0.29) is 35.8 Å². The molecule has 1 atom stereocenters. The summed E-state index contributed by atoms with van der Waals surface area (Å²) in [6.45, 7) is 10.2. The highest BCUT2D eigenvalue weighted by atomic mass is 32.1. The van der Waals surface area contributed by atoms with E-state index >= 15 is 0 Å². The summed E-state index contributed by atoms with van der Waals surface area (Å²) in [7, 11) is 1.65. The smallest absolute Gasteiger partial charge is 0.293 e. The molecule has 4 aromatic rings. The Morgan fingerprint density at radius 2 is 1.91 bits per heavy atom. The number of rotatable bonds is 9. The van der Waals surface area contributed by atoms with Gasteiger partial charge in [-0.05, 0) is 93.3 Å². The molecule has 3 aromatic heterocycles. The van der Waals surface area contributed by atoms with E-state index < -0.39 is 0 Å². The van der Waals surface area contributed by atoms with E-state index in [1.165, 1.54) is 26.6 Å². The third-order valence-corrected chi connectivity index (χ3v) is 12.8. The number of hydrogen-bond donors (Lipinski definition) is 3. The first-order valence-corrected chi connectivity index (χ1v) is 20.1. The number of carbonyl (C=O) groups is 2. The number of ether oxygens (including phenoxy) is 1. The summed E-state index contributed by atoms with van der Waals surface area (Å²) in [5, 5.41) is 16.9. The maximum Gasteiger partial charge on any atom is 0.293 e. The van der Waals surface area contributed by atoms with Crippen molar-refractivity contribution in [3.05, 3.63) is 86.1 Å². The van der Waals surface area contributed by atoms with Gasteiger partial charge in [0.1, 0.15) is 5.82 Å². The monoisotopic (exact) mass is 764 g/mol. The summed E-state index contributed by atoms with van der Waals surface area (Å²) in [5.41, 5.74) is 5.68. The molecule has 0 saturated carbocycles. The minimum Gasteiger partial charge on any atom is -0.392 e. The second kappa shape index (κ2) is 15.7. The molecule has 14 heteroatoms. The number of thiophene rings is 1. The fraction of sp³-hybridized carbons (Fsp3) is 0.439. The number of aliphatic hydroxyl groups is 1. The molecule has 3 aliphatic heterocycles. The van der Waals surface area contributed by atoms with Crippen molar-refractivity contribution in [2.45, 2.75) is 70.6 Å². The first-order chi connectivity index (χ1) is 26.7. The van der Waals surface area contributed by atoms with E-state index in [1.807, 2.05) is 18.2 Å². The lowest BCUT2D eigenvalue weighted by molar-refractivity contribution is -0.111. The van der Waals surface area contributed by atoms with Gasteiger partial charge in [-0.15, -0.1) is 11.3 Å². The van der Waals surface area contributed by atoms with Crippen LogP contribution in [0.25, 0.3) is 11.3 Å². The lowest BCUT2D eigenvalue weighted by Crippen LogP contribution is -2.56. The first kappa shape index (κ1) is 37.1. The number of anilines is 5. The number of nitrogens with one attached hydrogen (secondary N) is 2. The van der Waals surface area contributed by atoms with Crippen molar-refractivity contribution in [2.75, 3.05) is 59.8 Å². The molecule has 1 unspecified atom stereocenters. The standard InChI is InChI=1S/C41H48N8O5S/c1-4-36(51)44-32-21-26(9-10-34(32)48-18-17-47(22-25(48)2)27-13-19-54-20-14-27)43-38-41(53)46(3)23-33(45-38)28-11-15-42-39(31(28)24-50)49-16-12-30-29-7-5-6-8-35(29)55-37(30)40(49)52/h4,9-11,15,21,23,25,27,50H,1,5-8,12-14,16-20,22,24H2,2-3H3,(H,43,45)(H,44,51). The molecule has 288 valence electrons. The van der Waals surface area contributed by atoms with Gasteiger partial charge in [-0.1, -0.05) is 6.58 Å². The number of piperazine rings is 1. The van der Waals surface area contributed by atoms with Gasteiger partial charge in [0.05, 0.1) is 28.6 Å². The number of aliphatic hydroxyl groups excluding tert-OH is 1. The van der Waals surface area contributed by atoms with Crippen LogP contribution in [-0.2, 0) is 42.4 Å². The fourth-order valence-corrected chi connectivity index (χ4v) is 10.0. The van der Waals surface area contributed by atoms with Crippen LogP contribution in [0.3, 0.4) is 0 Å². The normalized spacial score (nSPS) is 19.2. The molecular formula is C41H48N8O5S. The highest BCUT2D eigenvalue weighted by Gasteiger charge is 2.34.